The Morgan fingerprint density at radius 1 is 0.741 bits per heavy atom. The van der Waals surface area contributed by atoms with Gasteiger partial charge >= 0.3 is 7.91 Å². The van der Waals surface area contributed by atoms with Crippen LogP contribution in [0.4, 0.5) is 4.20 Å². The van der Waals surface area contributed by atoms with Gasteiger partial charge in [-0.1, -0.05) is 55.0 Å². The van der Waals surface area contributed by atoms with Crippen molar-refractivity contribution in [1.82, 2.24) is 0 Å². The lowest BCUT2D eigenvalue weighted by molar-refractivity contribution is 0.192. The van der Waals surface area contributed by atoms with Crippen LogP contribution >= 0.6 is 7.91 Å². The van der Waals surface area contributed by atoms with Gasteiger partial charge in [0.15, 0.2) is 0 Å². The maximum Gasteiger partial charge on any atom is 0.510 e. The lowest BCUT2D eigenvalue weighted by atomic mass is 10.2. The third kappa shape index (κ3) is 25.0. The van der Waals surface area contributed by atoms with Crippen LogP contribution in [0.3, 0.4) is 0 Å². The molecule has 0 radical (unpaired) electrons. The van der Waals surface area contributed by atoms with Gasteiger partial charge < -0.3 is 4.74 Å². The molecule has 6 heteroatoms. The molecule has 27 heavy (non-hydrogen) atoms. The molecule has 0 amide bonds. The summed E-state index contributed by atoms with van der Waals surface area (Å²) in [5.41, 5.74) is 0. The molecule has 0 aliphatic heterocycles. The van der Waals surface area contributed by atoms with Gasteiger partial charge in [-0.25, -0.2) is 4.57 Å². The zero-order chi connectivity index (χ0) is 20.1. The Morgan fingerprint density at radius 3 is 1.67 bits per heavy atom. The summed E-state index contributed by atoms with van der Waals surface area (Å²) in [6.45, 7) is 0.844. The summed E-state index contributed by atoms with van der Waals surface area (Å²) in [6.07, 6.45) is 27.1. The van der Waals surface area contributed by atoms with E-state index in [1.165, 1.54) is 12.8 Å². The van der Waals surface area contributed by atoms with E-state index in [4.69, 9.17) is 9.63 Å². The maximum absolute atomic E-state index is 12.2. The molecule has 1 N–H and O–H groups in total. The second kappa shape index (κ2) is 19.8. The first-order valence-corrected chi connectivity index (χ1v) is 11.3. The fraction of sp³-hybridized carbons (Fsp3) is 0.619. The topological polar surface area (TPSA) is 55.8 Å². The number of halogens is 1. The third-order valence-corrected chi connectivity index (χ3v) is 4.22. The van der Waals surface area contributed by atoms with Crippen LogP contribution in [0, 0.1) is 0 Å². The van der Waals surface area contributed by atoms with Gasteiger partial charge in [0.1, 0.15) is 0 Å². The number of rotatable bonds is 18. The summed E-state index contributed by atoms with van der Waals surface area (Å²) in [4.78, 5) is 8.31. The van der Waals surface area contributed by atoms with Crippen molar-refractivity contribution in [3.63, 3.8) is 0 Å². The van der Waals surface area contributed by atoms with E-state index in [-0.39, 0.29) is 6.61 Å². The van der Waals surface area contributed by atoms with Crippen LogP contribution in [-0.4, -0.2) is 25.2 Å². The van der Waals surface area contributed by atoms with Crippen molar-refractivity contribution in [2.24, 2.45) is 0 Å². The van der Waals surface area contributed by atoms with Crippen LogP contribution in [0.2, 0.25) is 0 Å². The Hall–Kier alpha value is -1.00. The average molecular weight is 402 g/mol. The minimum Gasteiger partial charge on any atom is -0.385 e. The molecular formula is C21H36FO4P. The van der Waals surface area contributed by atoms with E-state index in [9.17, 15) is 8.76 Å². The third-order valence-electron chi connectivity index (χ3n) is 3.72. The van der Waals surface area contributed by atoms with E-state index in [2.05, 4.69) is 53.1 Å². The fourth-order valence-electron chi connectivity index (χ4n) is 2.28. The first kappa shape index (κ1) is 26.0. The molecule has 0 aliphatic carbocycles. The molecule has 1 atom stereocenters. The van der Waals surface area contributed by atoms with E-state index in [1.54, 1.807) is 7.11 Å². The highest BCUT2D eigenvalue weighted by Gasteiger charge is 2.15. The Morgan fingerprint density at radius 2 is 1.19 bits per heavy atom. The standard InChI is InChI=1S/C21H36FO4P/c1-25-20-18-16-14-12-10-8-6-4-2-3-5-7-9-11-13-15-17-19-21-26-27(22,23)24/h2,4-5,7-8,10-11,13H,3,6,9,12,14-21H2,1H3,(H,23,24). The monoisotopic (exact) mass is 402 g/mol. The van der Waals surface area contributed by atoms with Crippen LogP contribution in [-0.2, 0) is 13.8 Å². The second-order valence-electron chi connectivity index (χ2n) is 6.22. The van der Waals surface area contributed by atoms with Crippen molar-refractivity contribution < 1.29 is 22.9 Å². The summed E-state index contributed by atoms with van der Waals surface area (Å²) < 4.78 is 31.6. The molecule has 0 aromatic rings. The van der Waals surface area contributed by atoms with Gasteiger partial charge in [-0.2, -0.15) is 0 Å². The number of unbranched alkanes of at least 4 members (excludes halogenated alkanes) is 5. The van der Waals surface area contributed by atoms with Crippen LogP contribution < -0.4 is 0 Å². The summed E-state index contributed by atoms with van der Waals surface area (Å²) in [5.74, 6) is 0. The molecular weight excluding hydrogens is 366 g/mol. The zero-order valence-electron chi connectivity index (χ0n) is 16.6. The van der Waals surface area contributed by atoms with Crippen molar-refractivity contribution in [2.45, 2.75) is 64.2 Å². The summed E-state index contributed by atoms with van der Waals surface area (Å²) in [7, 11) is -3.05. The number of allylic oxidation sites excluding steroid dienone is 8. The van der Waals surface area contributed by atoms with Gasteiger partial charge in [0, 0.05) is 13.7 Å². The fourth-order valence-corrected chi connectivity index (χ4v) is 2.63. The smallest absolute Gasteiger partial charge is 0.385 e. The largest absolute Gasteiger partial charge is 0.510 e. The molecule has 0 heterocycles. The highest BCUT2D eigenvalue weighted by atomic mass is 31.2. The molecule has 0 fully saturated rings. The molecule has 0 saturated carbocycles. The van der Waals surface area contributed by atoms with Gasteiger partial charge in [-0.15, -0.1) is 4.20 Å². The zero-order valence-corrected chi connectivity index (χ0v) is 17.5. The maximum atomic E-state index is 12.2. The van der Waals surface area contributed by atoms with Crippen LogP contribution in [0.5, 0.6) is 0 Å². The molecule has 0 aromatic carbocycles. The Kier molecular flexibility index (Phi) is 19.0. The Labute approximate surface area is 164 Å². The van der Waals surface area contributed by atoms with Gasteiger partial charge in [-0.3, -0.25) is 9.42 Å². The quantitative estimate of drug-likeness (QED) is 0.155. The number of methoxy groups -OCH3 is 1. The minimum absolute atomic E-state index is 0.0199. The molecule has 0 aromatic heterocycles. The van der Waals surface area contributed by atoms with Crippen LogP contribution in [0.15, 0.2) is 48.6 Å². The van der Waals surface area contributed by atoms with Crippen molar-refractivity contribution in [1.29, 1.82) is 0 Å². The summed E-state index contributed by atoms with van der Waals surface area (Å²) >= 11 is 0. The molecule has 156 valence electrons. The average Bonchev–Trinajstić information content (AvgIpc) is 2.62. The van der Waals surface area contributed by atoms with E-state index in [1.807, 2.05) is 0 Å². The Balaban J connectivity index is 3.40. The highest BCUT2D eigenvalue weighted by molar-refractivity contribution is 7.46. The predicted molar refractivity (Wildman–Crippen MR) is 111 cm³/mol. The van der Waals surface area contributed by atoms with Crippen molar-refractivity contribution in [3.8, 4) is 0 Å². The second-order valence-corrected chi connectivity index (χ2v) is 7.38. The summed E-state index contributed by atoms with van der Waals surface area (Å²) in [5, 5.41) is 0. The highest BCUT2D eigenvalue weighted by Crippen LogP contribution is 2.43. The van der Waals surface area contributed by atoms with Gasteiger partial charge in [-0.05, 0) is 57.8 Å². The van der Waals surface area contributed by atoms with E-state index in [0.717, 1.165) is 51.6 Å². The number of hydrogen-bond donors (Lipinski definition) is 1. The number of ether oxygens (including phenoxy) is 1. The lowest BCUT2D eigenvalue weighted by Crippen LogP contribution is -1.89. The van der Waals surface area contributed by atoms with Gasteiger partial charge in [0.25, 0.3) is 0 Å². The van der Waals surface area contributed by atoms with Gasteiger partial charge in [0.2, 0.25) is 0 Å². The predicted octanol–water partition coefficient (Wildman–Crippen LogP) is 6.85. The van der Waals surface area contributed by atoms with Crippen LogP contribution in [0.1, 0.15) is 64.2 Å². The van der Waals surface area contributed by atoms with Gasteiger partial charge in [0.05, 0.1) is 6.61 Å². The minimum atomic E-state index is -4.80. The summed E-state index contributed by atoms with van der Waals surface area (Å²) in [6, 6.07) is 0. The van der Waals surface area contributed by atoms with Crippen molar-refractivity contribution in [3.05, 3.63) is 48.6 Å². The molecule has 0 rings (SSSR count). The van der Waals surface area contributed by atoms with Crippen molar-refractivity contribution in [2.75, 3.05) is 20.3 Å². The first-order chi connectivity index (χ1) is 13.1. The molecule has 0 spiro atoms. The van der Waals surface area contributed by atoms with E-state index >= 15 is 0 Å². The normalized spacial score (nSPS) is 14.9. The molecule has 1 unspecified atom stereocenters. The molecule has 0 bridgehead atoms. The van der Waals surface area contributed by atoms with Crippen LogP contribution in [0.25, 0.3) is 0 Å². The Bertz CT molecular complexity index is 481. The first-order valence-electron chi connectivity index (χ1n) is 9.82. The molecule has 0 aliphatic rings. The van der Waals surface area contributed by atoms with E-state index < -0.39 is 7.91 Å². The van der Waals surface area contributed by atoms with Crippen molar-refractivity contribution >= 4 is 7.91 Å². The SMILES string of the molecule is COCCCCCC=CCC=CCC=CCC=CCCCCOP(=O)(O)F. The van der Waals surface area contributed by atoms with E-state index in [0.29, 0.717) is 6.42 Å². The molecule has 4 nitrogen and oxygen atoms in total. The molecule has 0 saturated heterocycles. The number of hydrogen-bond acceptors (Lipinski definition) is 3. The lowest BCUT2D eigenvalue weighted by Gasteiger charge is -2.01.